The SMILES string of the molecule is Cc1ccc2c(O)c(CCC[O-])c(=O)n(C3CC3)c2c1C. The van der Waals surface area contributed by atoms with E-state index < -0.39 is 0 Å². The maximum Gasteiger partial charge on any atom is 0.258 e. The number of pyridine rings is 1. The Morgan fingerprint density at radius 1 is 1.33 bits per heavy atom. The number of benzene rings is 1. The molecule has 1 heterocycles. The zero-order valence-electron chi connectivity index (χ0n) is 12.5. The summed E-state index contributed by atoms with van der Waals surface area (Å²) < 4.78 is 1.84. The molecule has 2 aromatic rings. The molecule has 1 saturated carbocycles. The maximum absolute atomic E-state index is 12.8. The van der Waals surface area contributed by atoms with Crippen LogP contribution >= 0.6 is 0 Å². The van der Waals surface area contributed by atoms with E-state index in [0.29, 0.717) is 18.4 Å². The van der Waals surface area contributed by atoms with Gasteiger partial charge in [0.25, 0.3) is 5.56 Å². The van der Waals surface area contributed by atoms with Gasteiger partial charge in [0.2, 0.25) is 0 Å². The van der Waals surface area contributed by atoms with Crippen molar-refractivity contribution in [2.24, 2.45) is 0 Å². The van der Waals surface area contributed by atoms with Crippen LogP contribution in [0.4, 0.5) is 0 Å². The minimum atomic E-state index is -0.229. The number of fused-ring (bicyclic) bond motifs is 1. The molecule has 0 aliphatic heterocycles. The summed E-state index contributed by atoms with van der Waals surface area (Å²) in [4.78, 5) is 12.8. The summed E-state index contributed by atoms with van der Waals surface area (Å²) in [6.45, 7) is 3.78. The Hall–Kier alpha value is -1.81. The number of hydrogen-bond acceptors (Lipinski definition) is 3. The lowest BCUT2D eigenvalue weighted by molar-refractivity contribution is -0.368. The van der Waals surface area contributed by atoms with Crippen LogP contribution in [0.25, 0.3) is 10.9 Å². The molecule has 21 heavy (non-hydrogen) atoms. The molecule has 0 unspecified atom stereocenters. The van der Waals surface area contributed by atoms with E-state index in [1.54, 1.807) is 0 Å². The highest BCUT2D eigenvalue weighted by atomic mass is 16.3. The summed E-state index contributed by atoms with van der Waals surface area (Å²) >= 11 is 0. The van der Waals surface area contributed by atoms with Crippen molar-refractivity contribution in [3.05, 3.63) is 39.2 Å². The smallest absolute Gasteiger partial charge is 0.258 e. The van der Waals surface area contributed by atoms with E-state index in [-0.39, 0.29) is 24.0 Å². The molecule has 1 aromatic carbocycles. The highest BCUT2D eigenvalue weighted by Crippen LogP contribution is 2.39. The van der Waals surface area contributed by atoms with Crippen LogP contribution in [0.3, 0.4) is 0 Å². The molecule has 1 aliphatic rings. The van der Waals surface area contributed by atoms with Gasteiger partial charge in [0.05, 0.1) is 11.1 Å². The first-order valence-electron chi connectivity index (χ1n) is 7.50. The summed E-state index contributed by atoms with van der Waals surface area (Å²) in [5.41, 5.74) is 3.29. The molecule has 1 N–H and O–H groups in total. The summed E-state index contributed by atoms with van der Waals surface area (Å²) in [7, 11) is 0. The first-order valence-corrected chi connectivity index (χ1v) is 7.50. The predicted molar refractivity (Wildman–Crippen MR) is 80.8 cm³/mol. The van der Waals surface area contributed by atoms with Crippen molar-refractivity contribution < 1.29 is 10.2 Å². The van der Waals surface area contributed by atoms with Crippen LogP contribution in [0.15, 0.2) is 16.9 Å². The first kappa shape index (κ1) is 14.1. The Labute approximate surface area is 123 Å². The van der Waals surface area contributed by atoms with Crippen molar-refractivity contribution in [2.45, 2.75) is 45.6 Å². The first-order chi connectivity index (χ1) is 10.1. The number of aromatic hydroxyl groups is 1. The lowest BCUT2D eigenvalue weighted by atomic mass is 10.0. The molecule has 4 heteroatoms. The molecule has 4 nitrogen and oxygen atoms in total. The molecular weight excluding hydrogens is 266 g/mol. The van der Waals surface area contributed by atoms with Gasteiger partial charge < -0.3 is 14.8 Å². The lowest BCUT2D eigenvalue weighted by Crippen LogP contribution is -2.25. The summed E-state index contributed by atoms with van der Waals surface area (Å²) in [5.74, 6) is 0.0588. The molecule has 0 spiro atoms. The molecule has 1 aromatic heterocycles. The summed E-state index contributed by atoms with van der Waals surface area (Å²) in [6.07, 6.45) is 2.75. The van der Waals surface area contributed by atoms with Gasteiger partial charge in [-0.3, -0.25) is 4.79 Å². The number of aromatic nitrogens is 1. The van der Waals surface area contributed by atoms with E-state index in [1.807, 2.05) is 30.5 Å². The predicted octanol–water partition coefficient (Wildman–Crippen LogP) is 1.95. The van der Waals surface area contributed by atoms with Crippen molar-refractivity contribution in [3.63, 3.8) is 0 Å². The quantitative estimate of drug-likeness (QED) is 0.934. The Morgan fingerprint density at radius 3 is 2.67 bits per heavy atom. The second kappa shape index (κ2) is 5.19. The number of rotatable bonds is 4. The lowest BCUT2D eigenvalue weighted by Gasteiger charge is -2.18. The molecule has 0 saturated heterocycles. The Balaban J connectivity index is 2.37. The molecule has 1 fully saturated rings. The summed E-state index contributed by atoms with van der Waals surface area (Å²) in [5, 5.41) is 21.9. The van der Waals surface area contributed by atoms with Crippen LogP contribution in [-0.2, 0) is 6.42 Å². The van der Waals surface area contributed by atoms with Gasteiger partial charge in [-0.1, -0.05) is 12.5 Å². The maximum atomic E-state index is 12.8. The van der Waals surface area contributed by atoms with Crippen LogP contribution < -0.4 is 10.7 Å². The highest BCUT2D eigenvalue weighted by Gasteiger charge is 2.29. The second-order valence-electron chi connectivity index (χ2n) is 5.94. The largest absolute Gasteiger partial charge is 0.854 e. The van der Waals surface area contributed by atoms with Gasteiger partial charge in [-0.25, -0.2) is 0 Å². The third-order valence-electron chi connectivity index (χ3n) is 4.44. The molecular formula is C17H20NO3-. The van der Waals surface area contributed by atoms with Crippen molar-refractivity contribution in [2.75, 3.05) is 6.61 Å². The van der Waals surface area contributed by atoms with Gasteiger partial charge in [-0.15, -0.1) is 6.61 Å². The van der Waals surface area contributed by atoms with Crippen LogP contribution in [-0.4, -0.2) is 16.3 Å². The van der Waals surface area contributed by atoms with E-state index in [4.69, 9.17) is 0 Å². The number of hydrogen-bond donors (Lipinski definition) is 1. The fourth-order valence-electron chi connectivity index (χ4n) is 2.97. The molecule has 0 radical (unpaired) electrons. The van der Waals surface area contributed by atoms with E-state index in [1.165, 1.54) is 0 Å². The van der Waals surface area contributed by atoms with Gasteiger partial charge >= 0.3 is 0 Å². The Kier molecular flexibility index (Phi) is 3.49. The minimum Gasteiger partial charge on any atom is -0.854 e. The molecule has 1 aliphatic carbocycles. The topological polar surface area (TPSA) is 65.3 Å². The van der Waals surface area contributed by atoms with Crippen molar-refractivity contribution >= 4 is 10.9 Å². The summed E-state index contributed by atoms with van der Waals surface area (Å²) in [6, 6.07) is 4.09. The van der Waals surface area contributed by atoms with Crippen molar-refractivity contribution in [1.29, 1.82) is 0 Å². The Bertz CT molecular complexity index is 757. The van der Waals surface area contributed by atoms with Crippen LogP contribution in [0.1, 0.15) is 42.0 Å². The number of aryl methyl sites for hydroxylation is 2. The van der Waals surface area contributed by atoms with Crippen molar-refractivity contribution in [3.8, 4) is 5.75 Å². The van der Waals surface area contributed by atoms with Gasteiger partial charge in [0.1, 0.15) is 5.75 Å². The fourth-order valence-corrected chi connectivity index (χ4v) is 2.97. The zero-order valence-corrected chi connectivity index (χ0v) is 12.5. The van der Waals surface area contributed by atoms with E-state index >= 15 is 0 Å². The third kappa shape index (κ3) is 2.23. The van der Waals surface area contributed by atoms with Crippen molar-refractivity contribution in [1.82, 2.24) is 4.57 Å². The standard InChI is InChI=1S/C17H20NO3/c1-10-5-8-13-15(11(10)2)18(12-6-7-12)17(21)14(16(13)20)4-3-9-19/h5,8,12,20H,3-4,6-7,9H2,1-2H3/q-1. The molecule has 0 amide bonds. The van der Waals surface area contributed by atoms with Gasteiger partial charge in [-0.2, -0.15) is 0 Å². The van der Waals surface area contributed by atoms with Gasteiger partial charge in [0, 0.05) is 11.4 Å². The third-order valence-corrected chi connectivity index (χ3v) is 4.44. The molecule has 0 atom stereocenters. The van der Waals surface area contributed by atoms with Crippen LogP contribution in [0, 0.1) is 13.8 Å². The second-order valence-corrected chi connectivity index (χ2v) is 5.94. The van der Waals surface area contributed by atoms with Gasteiger partial charge in [-0.05, 0) is 50.3 Å². The molecule has 3 rings (SSSR count). The van der Waals surface area contributed by atoms with Crippen LogP contribution in [0.5, 0.6) is 5.75 Å². The molecule has 112 valence electrons. The zero-order chi connectivity index (χ0) is 15.1. The molecule has 0 bridgehead atoms. The highest BCUT2D eigenvalue weighted by molar-refractivity contribution is 5.89. The van der Waals surface area contributed by atoms with E-state index in [9.17, 15) is 15.0 Å². The van der Waals surface area contributed by atoms with Crippen LogP contribution in [0.2, 0.25) is 0 Å². The minimum absolute atomic E-state index is 0.0588. The monoisotopic (exact) mass is 286 g/mol. The normalized spacial score (nSPS) is 14.8. The average Bonchev–Trinajstić information content (AvgIpc) is 3.28. The average molecular weight is 286 g/mol. The van der Waals surface area contributed by atoms with E-state index in [2.05, 4.69) is 0 Å². The van der Waals surface area contributed by atoms with Gasteiger partial charge in [0.15, 0.2) is 0 Å². The van der Waals surface area contributed by atoms with E-state index in [0.717, 1.165) is 34.9 Å². The fraction of sp³-hybridized carbons (Fsp3) is 0.471. The number of nitrogens with zero attached hydrogens (tertiary/aromatic N) is 1. The Morgan fingerprint density at radius 2 is 2.05 bits per heavy atom.